The molecule has 1 saturated carbocycles. The maximum atomic E-state index is 15.4. The van der Waals surface area contributed by atoms with E-state index >= 15 is 8.78 Å². The van der Waals surface area contributed by atoms with E-state index in [1.54, 1.807) is 15.6 Å². The highest BCUT2D eigenvalue weighted by molar-refractivity contribution is 6.01. The smallest absolute Gasteiger partial charge is 0.249 e. The summed E-state index contributed by atoms with van der Waals surface area (Å²) >= 11 is 0. The summed E-state index contributed by atoms with van der Waals surface area (Å²) in [5.74, 6) is -1.35. The first-order valence-electron chi connectivity index (χ1n) is 22.4. The van der Waals surface area contributed by atoms with Crippen LogP contribution in [-0.2, 0) is 26.5 Å². The molecular formula is C47H47F2N13O3. The van der Waals surface area contributed by atoms with Crippen LogP contribution in [0.4, 0.5) is 26.0 Å². The number of piperazine rings is 1. The second kappa shape index (κ2) is 16.6. The van der Waals surface area contributed by atoms with Crippen LogP contribution in [0.15, 0.2) is 73.6 Å². The lowest BCUT2D eigenvalue weighted by Gasteiger charge is -2.42. The van der Waals surface area contributed by atoms with Crippen LogP contribution in [-0.4, -0.2) is 102 Å². The number of nitriles is 1. The molecule has 18 heteroatoms. The number of ether oxygens (including phenoxy) is 1. The monoisotopic (exact) mass is 879 g/mol. The molecule has 9 heterocycles. The van der Waals surface area contributed by atoms with Crippen LogP contribution in [0.5, 0.6) is 0 Å². The average molecular weight is 880 g/mol. The third-order valence-electron chi connectivity index (χ3n) is 14.0. The summed E-state index contributed by atoms with van der Waals surface area (Å²) in [6, 6.07) is 12.6. The number of nitrogens with one attached hydrogen (secondary N) is 2. The van der Waals surface area contributed by atoms with E-state index in [0.717, 1.165) is 74.3 Å². The van der Waals surface area contributed by atoms with Crippen molar-refractivity contribution in [1.82, 2.24) is 44.6 Å². The molecule has 5 aliphatic rings. The van der Waals surface area contributed by atoms with Crippen molar-refractivity contribution in [2.45, 2.75) is 81.7 Å². The number of imide groups is 1. The first kappa shape index (κ1) is 40.9. The van der Waals surface area contributed by atoms with E-state index in [1.165, 1.54) is 17.7 Å². The van der Waals surface area contributed by atoms with Gasteiger partial charge < -0.3 is 19.9 Å². The zero-order chi connectivity index (χ0) is 44.2. The molecule has 16 nitrogen and oxygen atoms in total. The van der Waals surface area contributed by atoms with Crippen LogP contribution in [0.1, 0.15) is 74.2 Å². The van der Waals surface area contributed by atoms with E-state index in [2.05, 4.69) is 42.7 Å². The number of hydrogen-bond donors (Lipinski definition) is 2. The molecule has 4 aliphatic heterocycles. The number of halogens is 2. The molecule has 1 aliphatic carbocycles. The Hall–Kier alpha value is -6.84. The minimum Gasteiger partial charge on any atom is -0.373 e. The van der Waals surface area contributed by atoms with Gasteiger partial charge in [-0.05, 0) is 75.3 Å². The summed E-state index contributed by atoms with van der Waals surface area (Å²) in [5.41, 5.74) is 5.98. The molecule has 5 aromatic heterocycles. The molecule has 1 aromatic carbocycles. The fourth-order valence-corrected chi connectivity index (χ4v) is 10.5. The molecule has 3 saturated heterocycles. The van der Waals surface area contributed by atoms with Gasteiger partial charge in [-0.2, -0.15) is 15.5 Å². The highest BCUT2D eigenvalue weighted by Crippen LogP contribution is 2.44. The lowest BCUT2D eigenvalue weighted by Crippen LogP contribution is -2.51. The predicted molar refractivity (Wildman–Crippen MR) is 236 cm³/mol. The molecule has 332 valence electrons. The minimum atomic E-state index is -0.729. The maximum Gasteiger partial charge on any atom is 0.249 e. The highest BCUT2D eigenvalue weighted by atomic mass is 19.1. The van der Waals surface area contributed by atoms with E-state index in [1.807, 2.05) is 53.9 Å². The Morgan fingerprint density at radius 2 is 1.63 bits per heavy atom. The Kier molecular flexibility index (Phi) is 10.5. The van der Waals surface area contributed by atoms with E-state index in [0.29, 0.717) is 61.3 Å². The van der Waals surface area contributed by atoms with Crippen LogP contribution in [0.2, 0.25) is 0 Å². The molecule has 6 aromatic rings. The Balaban J connectivity index is 0.723. The SMILES string of the molecule is N#Cc1cnn2cc(-c3cnn(C4CCC(N5CCN(c6c(F)cc(NC7CCC(=O)NC7=O)cc6F)CC5)CC4)c3)nc(-c3ccc(N4CCC5(CC4)OCc4cccnc45)nc3)c12. The van der Waals surface area contributed by atoms with Crippen molar-refractivity contribution in [3.63, 3.8) is 0 Å². The summed E-state index contributed by atoms with van der Waals surface area (Å²) in [5, 5.41) is 24.5. The molecule has 1 spiro atoms. The highest BCUT2D eigenvalue weighted by Gasteiger charge is 2.44. The Labute approximate surface area is 373 Å². The zero-order valence-electron chi connectivity index (χ0n) is 35.7. The Bertz CT molecular complexity index is 2810. The number of anilines is 3. The molecule has 65 heavy (non-hydrogen) atoms. The van der Waals surface area contributed by atoms with Crippen LogP contribution < -0.4 is 20.4 Å². The summed E-state index contributed by atoms with van der Waals surface area (Å²) < 4.78 is 40.8. The van der Waals surface area contributed by atoms with Crippen LogP contribution in [0, 0.1) is 23.0 Å². The largest absolute Gasteiger partial charge is 0.373 e. The van der Waals surface area contributed by atoms with Gasteiger partial charge in [-0.3, -0.25) is 29.5 Å². The molecule has 0 bridgehead atoms. The van der Waals surface area contributed by atoms with Gasteiger partial charge in [0.25, 0.3) is 0 Å². The predicted octanol–water partition coefficient (Wildman–Crippen LogP) is 5.75. The number of nitrogens with zero attached hydrogens (tertiary/aromatic N) is 11. The summed E-state index contributed by atoms with van der Waals surface area (Å²) in [7, 11) is 0. The number of rotatable bonds is 8. The zero-order valence-corrected chi connectivity index (χ0v) is 35.7. The van der Waals surface area contributed by atoms with Crippen LogP contribution >= 0.6 is 0 Å². The van der Waals surface area contributed by atoms with Gasteiger partial charge in [0.05, 0.1) is 48.3 Å². The van der Waals surface area contributed by atoms with E-state index in [9.17, 15) is 14.9 Å². The Morgan fingerprint density at radius 1 is 0.846 bits per heavy atom. The van der Waals surface area contributed by atoms with Gasteiger partial charge in [0.2, 0.25) is 11.8 Å². The van der Waals surface area contributed by atoms with Gasteiger partial charge in [0.15, 0.2) is 11.6 Å². The van der Waals surface area contributed by atoms with Crippen molar-refractivity contribution < 1.29 is 23.1 Å². The van der Waals surface area contributed by atoms with E-state index in [-0.39, 0.29) is 41.8 Å². The molecule has 2 N–H and O–H groups in total. The average Bonchev–Trinajstić information content (AvgIpc) is 4.09. The van der Waals surface area contributed by atoms with Crippen LogP contribution in [0.25, 0.3) is 28.0 Å². The van der Waals surface area contributed by atoms with Crippen molar-refractivity contribution in [3.05, 3.63) is 102 Å². The standard InChI is InChI=1S/C47H47F2N13O3/c48-36-20-33(55-38-8-10-41(63)57-46(38)64)21-37(49)44(36)60-18-16-58(17-19-60)34-4-6-35(7-5-34)61-26-32(25-53-61)39-27-62-43(31(22-50)24-54-62)42(56-39)29-3-9-40(52-23-29)59-14-11-47(12-15-59)45-30(28-65-47)2-1-13-51-45/h1-3,9,13,20-21,23-27,34-35,38,55H,4-8,10-12,14-19,28H2,(H,57,63,64). The number of pyridine rings is 2. The summed E-state index contributed by atoms with van der Waals surface area (Å²) in [4.78, 5) is 44.8. The molecule has 1 unspecified atom stereocenters. The molecule has 1 atom stereocenters. The maximum absolute atomic E-state index is 15.4. The summed E-state index contributed by atoms with van der Waals surface area (Å²) in [6.07, 6.45) is 16.9. The quantitative estimate of drug-likeness (QED) is 0.177. The van der Waals surface area contributed by atoms with Gasteiger partial charge in [0.1, 0.15) is 40.3 Å². The third kappa shape index (κ3) is 7.61. The van der Waals surface area contributed by atoms with Gasteiger partial charge in [-0.1, -0.05) is 6.07 Å². The number of fused-ring (bicyclic) bond motifs is 3. The lowest BCUT2D eigenvalue weighted by atomic mass is 9.87. The lowest BCUT2D eigenvalue weighted by molar-refractivity contribution is -0.133. The second-order valence-electron chi connectivity index (χ2n) is 17.8. The fraction of sp³-hybridized carbons (Fsp3) is 0.404. The normalized spacial score (nSPS) is 22.3. The van der Waals surface area contributed by atoms with Crippen molar-refractivity contribution in [2.75, 3.05) is 54.4 Å². The number of piperidine rings is 2. The molecular weight excluding hydrogens is 833 g/mol. The van der Waals surface area contributed by atoms with Crippen molar-refractivity contribution in [3.8, 4) is 28.6 Å². The van der Waals surface area contributed by atoms with Crippen molar-refractivity contribution >= 4 is 34.5 Å². The first-order chi connectivity index (χ1) is 31.7. The van der Waals surface area contributed by atoms with Crippen molar-refractivity contribution in [2.24, 2.45) is 0 Å². The van der Waals surface area contributed by atoms with E-state index in [4.69, 9.17) is 19.8 Å². The van der Waals surface area contributed by atoms with E-state index < -0.39 is 23.6 Å². The van der Waals surface area contributed by atoms with Crippen molar-refractivity contribution in [1.29, 1.82) is 5.26 Å². The minimum absolute atomic E-state index is 0.0589. The molecule has 0 radical (unpaired) electrons. The number of carbonyl (C=O) groups is 2. The second-order valence-corrected chi connectivity index (χ2v) is 17.8. The molecule has 11 rings (SSSR count). The summed E-state index contributed by atoms with van der Waals surface area (Å²) in [6.45, 7) is 4.55. The number of amides is 2. The fourth-order valence-electron chi connectivity index (χ4n) is 10.5. The number of carbonyl (C=O) groups excluding carboxylic acids is 2. The molecule has 2 amide bonds. The van der Waals surface area contributed by atoms with Gasteiger partial charge in [0, 0.05) is 92.7 Å². The number of benzene rings is 1. The van der Waals surface area contributed by atoms with Gasteiger partial charge in [-0.15, -0.1) is 0 Å². The molecule has 4 fully saturated rings. The Morgan fingerprint density at radius 3 is 2.37 bits per heavy atom. The van der Waals surface area contributed by atoms with Gasteiger partial charge >= 0.3 is 0 Å². The first-order valence-corrected chi connectivity index (χ1v) is 22.4. The topological polar surface area (TPSA) is 175 Å². The number of aromatic nitrogens is 7. The van der Waals surface area contributed by atoms with Gasteiger partial charge in [-0.25, -0.2) is 23.3 Å². The number of hydrogen-bond acceptors (Lipinski definition) is 13. The van der Waals surface area contributed by atoms with Crippen LogP contribution in [0.3, 0.4) is 0 Å². The third-order valence-corrected chi connectivity index (χ3v) is 14.0.